The number of rotatable bonds is 7. The van der Waals surface area contributed by atoms with Gasteiger partial charge in [-0.1, -0.05) is 13.0 Å². The second-order valence-corrected chi connectivity index (χ2v) is 6.94. The number of carbonyl (C=O) groups is 1. The third-order valence-corrected chi connectivity index (χ3v) is 4.23. The zero-order valence-electron chi connectivity index (χ0n) is 17.0. The highest BCUT2D eigenvalue weighted by Crippen LogP contribution is 2.25. The van der Waals surface area contributed by atoms with E-state index in [0.717, 1.165) is 17.5 Å². The van der Waals surface area contributed by atoms with E-state index in [2.05, 4.69) is 0 Å². The molecule has 0 aliphatic heterocycles. The average Bonchev–Trinajstić information content (AvgIpc) is 2.67. The molecular weight excluding hydrogens is 372 g/mol. The molecule has 0 aliphatic carbocycles. The van der Waals surface area contributed by atoms with Crippen molar-refractivity contribution in [2.45, 2.75) is 40.2 Å². The third kappa shape index (κ3) is 4.96. The minimum absolute atomic E-state index is 0.104. The largest absolute Gasteiger partial charge is 0.479 e. The molecule has 0 saturated heterocycles. The Kier molecular flexibility index (Phi) is 6.22. The molecule has 152 valence electrons. The van der Waals surface area contributed by atoms with Crippen LogP contribution in [0.15, 0.2) is 51.9 Å². The fraction of sp³-hybridized carbons (Fsp3) is 0.304. The van der Waals surface area contributed by atoms with E-state index in [1.165, 1.54) is 6.26 Å². The second kappa shape index (κ2) is 8.82. The van der Waals surface area contributed by atoms with Crippen LogP contribution in [0.5, 0.6) is 17.2 Å². The van der Waals surface area contributed by atoms with E-state index in [1.807, 2.05) is 39.0 Å². The molecule has 0 amide bonds. The lowest BCUT2D eigenvalue weighted by Crippen LogP contribution is -2.26. The van der Waals surface area contributed by atoms with Gasteiger partial charge >= 0.3 is 5.97 Å². The molecule has 6 heteroatoms. The van der Waals surface area contributed by atoms with E-state index in [1.54, 1.807) is 25.1 Å². The van der Waals surface area contributed by atoms with Gasteiger partial charge < -0.3 is 18.6 Å². The van der Waals surface area contributed by atoms with E-state index in [9.17, 15) is 9.59 Å². The van der Waals surface area contributed by atoms with Gasteiger partial charge in [-0.2, -0.15) is 0 Å². The van der Waals surface area contributed by atoms with E-state index >= 15 is 0 Å². The number of aryl methyl sites for hydroxylation is 2. The van der Waals surface area contributed by atoms with Gasteiger partial charge in [-0.25, -0.2) is 4.79 Å². The Hall–Kier alpha value is -3.28. The number of hydrogen-bond acceptors (Lipinski definition) is 6. The molecule has 0 saturated carbocycles. The first-order chi connectivity index (χ1) is 13.9. The van der Waals surface area contributed by atoms with Gasteiger partial charge in [-0.15, -0.1) is 0 Å². The van der Waals surface area contributed by atoms with Crippen molar-refractivity contribution < 1.29 is 23.4 Å². The van der Waals surface area contributed by atoms with Crippen LogP contribution < -0.4 is 14.9 Å². The quantitative estimate of drug-likeness (QED) is 0.528. The van der Waals surface area contributed by atoms with E-state index in [-0.39, 0.29) is 11.2 Å². The molecule has 0 fully saturated rings. The predicted octanol–water partition coefficient (Wildman–Crippen LogP) is 4.92. The number of carbonyl (C=O) groups excluding carboxylic acids is 1. The Morgan fingerprint density at radius 1 is 1.07 bits per heavy atom. The smallest absolute Gasteiger partial charge is 0.347 e. The number of esters is 1. The van der Waals surface area contributed by atoms with Crippen LogP contribution >= 0.6 is 0 Å². The maximum absolute atomic E-state index is 12.8. The van der Waals surface area contributed by atoms with Crippen LogP contribution in [0, 0.1) is 13.8 Å². The zero-order valence-corrected chi connectivity index (χ0v) is 17.0. The average molecular weight is 396 g/mol. The van der Waals surface area contributed by atoms with Crippen LogP contribution in [-0.4, -0.2) is 18.7 Å². The molecule has 0 radical (unpaired) electrons. The fourth-order valence-electron chi connectivity index (χ4n) is 2.93. The van der Waals surface area contributed by atoms with Crippen LogP contribution in [0.2, 0.25) is 0 Å². The fourth-order valence-corrected chi connectivity index (χ4v) is 2.93. The Morgan fingerprint density at radius 2 is 1.79 bits per heavy atom. The van der Waals surface area contributed by atoms with Crippen molar-refractivity contribution in [1.82, 2.24) is 0 Å². The van der Waals surface area contributed by atoms with Crippen molar-refractivity contribution in [3.63, 3.8) is 0 Å². The van der Waals surface area contributed by atoms with Crippen molar-refractivity contribution in [1.29, 1.82) is 0 Å². The Labute approximate surface area is 169 Å². The number of benzene rings is 2. The van der Waals surface area contributed by atoms with Crippen molar-refractivity contribution in [3.05, 3.63) is 64.0 Å². The number of hydrogen-bond donors (Lipinski definition) is 0. The van der Waals surface area contributed by atoms with Gasteiger partial charge in [0.2, 0.25) is 11.2 Å². The van der Waals surface area contributed by atoms with E-state index in [0.29, 0.717) is 29.1 Å². The molecule has 6 nitrogen and oxygen atoms in total. The van der Waals surface area contributed by atoms with Gasteiger partial charge in [0.05, 0.1) is 12.0 Å². The SMILES string of the molecule is CCCOC(=O)C(C)Oc1ccc2c(=O)c(Oc3cc(C)cc(C)c3)coc2c1. The van der Waals surface area contributed by atoms with Crippen LogP contribution in [0.1, 0.15) is 31.4 Å². The summed E-state index contributed by atoms with van der Waals surface area (Å²) in [6.07, 6.45) is 1.26. The Bertz CT molecular complexity index is 1060. The molecular formula is C23H24O6. The molecule has 1 aromatic heterocycles. The number of fused-ring (bicyclic) bond motifs is 1. The second-order valence-electron chi connectivity index (χ2n) is 6.94. The molecule has 0 aliphatic rings. The highest BCUT2D eigenvalue weighted by atomic mass is 16.6. The van der Waals surface area contributed by atoms with Gasteiger partial charge in [0, 0.05) is 6.07 Å². The van der Waals surface area contributed by atoms with Gasteiger partial charge in [0.15, 0.2) is 6.10 Å². The Balaban J connectivity index is 1.82. The summed E-state index contributed by atoms with van der Waals surface area (Å²) in [5.41, 5.74) is 2.14. The summed E-state index contributed by atoms with van der Waals surface area (Å²) in [6, 6.07) is 10.5. The highest BCUT2D eigenvalue weighted by Gasteiger charge is 2.17. The van der Waals surface area contributed by atoms with E-state index < -0.39 is 12.1 Å². The van der Waals surface area contributed by atoms with Crippen molar-refractivity contribution >= 4 is 16.9 Å². The molecule has 2 aromatic carbocycles. The third-order valence-electron chi connectivity index (χ3n) is 4.23. The zero-order chi connectivity index (χ0) is 21.0. The molecule has 0 bridgehead atoms. The molecule has 3 rings (SSSR count). The number of ether oxygens (including phenoxy) is 3. The standard InChI is InChI=1S/C23H24O6/c1-5-8-26-23(25)16(4)28-17-6-7-19-20(12-17)27-13-21(22(19)24)29-18-10-14(2)9-15(3)11-18/h6-7,9-13,16H,5,8H2,1-4H3. The van der Waals surface area contributed by atoms with Gasteiger partial charge in [-0.05, 0) is 62.6 Å². The summed E-state index contributed by atoms with van der Waals surface area (Å²) in [5, 5.41) is 0.362. The van der Waals surface area contributed by atoms with Gasteiger partial charge in [-0.3, -0.25) is 4.79 Å². The topological polar surface area (TPSA) is 75.0 Å². The summed E-state index contributed by atoms with van der Waals surface area (Å²) in [4.78, 5) is 24.6. The first-order valence-corrected chi connectivity index (χ1v) is 9.52. The van der Waals surface area contributed by atoms with Crippen molar-refractivity contribution in [2.75, 3.05) is 6.61 Å². The van der Waals surface area contributed by atoms with Gasteiger partial charge in [0.25, 0.3) is 0 Å². The van der Waals surface area contributed by atoms with Crippen LogP contribution in [0.3, 0.4) is 0 Å². The molecule has 0 N–H and O–H groups in total. The van der Waals surface area contributed by atoms with Crippen LogP contribution in [-0.2, 0) is 9.53 Å². The maximum atomic E-state index is 12.8. The molecule has 29 heavy (non-hydrogen) atoms. The monoisotopic (exact) mass is 396 g/mol. The minimum Gasteiger partial charge on any atom is -0.479 e. The molecule has 3 aromatic rings. The lowest BCUT2D eigenvalue weighted by atomic mass is 10.1. The van der Waals surface area contributed by atoms with Crippen LogP contribution in [0.25, 0.3) is 11.0 Å². The normalized spacial score (nSPS) is 11.9. The summed E-state index contributed by atoms with van der Waals surface area (Å²) >= 11 is 0. The molecule has 0 spiro atoms. The van der Waals surface area contributed by atoms with E-state index in [4.69, 9.17) is 18.6 Å². The molecule has 1 unspecified atom stereocenters. The van der Waals surface area contributed by atoms with Gasteiger partial charge in [0.1, 0.15) is 23.3 Å². The summed E-state index contributed by atoms with van der Waals surface area (Å²) in [6.45, 7) is 7.80. The summed E-state index contributed by atoms with van der Waals surface area (Å²) < 4.78 is 22.0. The minimum atomic E-state index is -0.766. The lowest BCUT2D eigenvalue weighted by molar-refractivity contribution is -0.151. The molecule has 1 heterocycles. The first kappa shape index (κ1) is 20.5. The Morgan fingerprint density at radius 3 is 2.48 bits per heavy atom. The summed E-state index contributed by atoms with van der Waals surface area (Å²) in [5.74, 6) is 0.649. The van der Waals surface area contributed by atoms with Crippen molar-refractivity contribution in [3.8, 4) is 17.2 Å². The molecule has 1 atom stereocenters. The first-order valence-electron chi connectivity index (χ1n) is 9.52. The predicted molar refractivity (Wildman–Crippen MR) is 110 cm³/mol. The summed E-state index contributed by atoms with van der Waals surface area (Å²) in [7, 11) is 0. The van der Waals surface area contributed by atoms with Crippen molar-refractivity contribution in [2.24, 2.45) is 0 Å². The maximum Gasteiger partial charge on any atom is 0.347 e. The van der Waals surface area contributed by atoms with Crippen LogP contribution in [0.4, 0.5) is 0 Å². The lowest BCUT2D eigenvalue weighted by Gasteiger charge is -2.14. The highest BCUT2D eigenvalue weighted by molar-refractivity contribution is 5.79.